The van der Waals surface area contributed by atoms with Gasteiger partial charge in [-0.05, 0) is 44.5 Å². The zero-order chi connectivity index (χ0) is 18.0. The minimum atomic E-state index is -0.257. The molecule has 25 heavy (non-hydrogen) atoms. The molecule has 0 amide bonds. The van der Waals surface area contributed by atoms with E-state index in [-0.39, 0.29) is 11.0 Å². The lowest BCUT2D eigenvalue weighted by Gasteiger charge is -2.14. The predicted octanol–water partition coefficient (Wildman–Crippen LogP) is 5.01. The van der Waals surface area contributed by atoms with Crippen molar-refractivity contribution >= 4 is 33.5 Å². The van der Waals surface area contributed by atoms with E-state index < -0.39 is 0 Å². The fourth-order valence-electron chi connectivity index (χ4n) is 2.57. The van der Waals surface area contributed by atoms with Crippen LogP contribution in [0, 0.1) is 13.8 Å². The molecule has 3 rings (SSSR count). The number of thioether (sulfide) groups is 1. The molecule has 0 aliphatic rings. The van der Waals surface area contributed by atoms with E-state index in [9.17, 15) is 4.79 Å². The van der Waals surface area contributed by atoms with E-state index in [0.29, 0.717) is 5.56 Å². The van der Waals surface area contributed by atoms with Crippen LogP contribution in [0.1, 0.15) is 28.7 Å². The van der Waals surface area contributed by atoms with E-state index in [2.05, 4.69) is 39.1 Å². The van der Waals surface area contributed by atoms with Gasteiger partial charge in [0.05, 0.1) is 10.9 Å². The van der Waals surface area contributed by atoms with Gasteiger partial charge in [0.2, 0.25) is 0 Å². The Morgan fingerprint density at radius 1 is 1.08 bits per heavy atom. The van der Waals surface area contributed by atoms with Crippen molar-refractivity contribution in [2.45, 2.75) is 31.2 Å². The minimum Gasteiger partial charge on any atom is -0.293 e. The van der Waals surface area contributed by atoms with Crippen molar-refractivity contribution in [3.63, 3.8) is 0 Å². The Morgan fingerprint density at radius 2 is 1.76 bits per heavy atom. The van der Waals surface area contributed by atoms with Crippen molar-refractivity contribution in [2.75, 3.05) is 0 Å². The lowest BCUT2D eigenvalue weighted by molar-refractivity contribution is 0.0994. The molecule has 0 spiro atoms. The number of ketones is 1. The van der Waals surface area contributed by atoms with Crippen molar-refractivity contribution in [1.82, 2.24) is 14.8 Å². The number of hydrogen-bond donors (Lipinski definition) is 0. The van der Waals surface area contributed by atoms with Crippen molar-refractivity contribution in [2.24, 2.45) is 0 Å². The van der Waals surface area contributed by atoms with Crippen LogP contribution in [0.4, 0.5) is 0 Å². The molecule has 1 aromatic heterocycles. The van der Waals surface area contributed by atoms with Gasteiger partial charge < -0.3 is 0 Å². The average Bonchev–Trinajstić information content (AvgIpc) is 2.96. The van der Waals surface area contributed by atoms with Crippen LogP contribution in [0.5, 0.6) is 0 Å². The van der Waals surface area contributed by atoms with Gasteiger partial charge in [0.1, 0.15) is 5.82 Å². The molecular weight excluding hydrogens is 398 g/mol. The van der Waals surface area contributed by atoms with E-state index in [1.807, 2.05) is 60.9 Å². The Labute approximate surface area is 159 Å². The molecule has 0 bridgehead atoms. The highest BCUT2D eigenvalue weighted by molar-refractivity contribution is 9.10. The summed E-state index contributed by atoms with van der Waals surface area (Å²) in [6.45, 7) is 5.88. The maximum absolute atomic E-state index is 12.7. The van der Waals surface area contributed by atoms with Gasteiger partial charge in [-0.25, -0.2) is 0 Å². The van der Waals surface area contributed by atoms with Crippen LogP contribution >= 0.6 is 27.7 Å². The minimum absolute atomic E-state index is 0.0782. The summed E-state index contributed by atoms with van der Waals surface area (Å²) in [5.74, 6) is 0.884. The van der Waals surface area contributed by atoms with Crippen LogP contribution in [0.2, 0.25) is 0 Å². The Bertz CT molecular complexity index is 905. The first-order valence-corrected chi connectivity index (χ1v) is 9.59. The van der Waals surface area contributed by atoms with E-state index in [0.717, 1.165) is 26.7 Å². The Kier molecular flexibility index (Phi) is 5.39. The molecule has 0 unspecified atom stereocenters. The maximum atomic E-state index is 12.7. The molecule has 0 aliphatic carbocycles. The largest absolute Gasteiger partial charge is 0.293 e. The summed E-state index contributed by atoms with van der Waals surface area (Å²) in [7, 11) is 0. The molecule has 0 aliphatic heterocycles. The Hall–Kier alpha value is -1.92. The number of aryl methyl sites for hydroxylation is 2. The first-order chi connectivity index (χ1) is 12.0. The van der Waals surface area contributed by atoms with Crippen molar-refractivity contribution in [3.8, 4) is 5.69 Å². The summed E-state index contributed by atoms with van der Waals surface area (Å²) in [5.41, 5.74) is 2.87. The van der Waals surface area contributed by atoms with Gasteiger partial charge in [0, 0.05) is 10.0 Å². The van der Waals surface area contributed by atoms with Crippen LogP contribution < -0.4 is 0 Å². The number of rotatable bonds is 5. The second-order valence-corrected chi connectivity index (χ2v) is 8.01. The smallest absolute Gasteiger partial charge is 0.196 e. The molecule has 1 heterocycles. The number of aromatic nitrogens is 3. The van der Waals surface area contributed by atoms with E-state index in [1.165, 1.54) is 11.8 Å². The third-order valence-electron chi connectivity index (χ3n) is 3.93. The SMILES string of the molecule is Cc1ccccc1-n1c(C)nnc1S[C@@H](C)C(=O)c1ccc(Br)cc1. The number of Topliss-reactive ketones (excluding diaryl/α,β-unsaturated/α-hetero) is 1. The van der Waals surface area contributed by atoms with Crippen LogP contribution in [0.25, 0.3) is 5.69 Å². The highest BCUT2D eigenvalue weighted by Crippen LogP contribution is 2.28. The highest BCUT2D eigenvalue weighted by atomic mass is 79.9. The normalized spacial score (nSPS) is 12.2. The molecule has 0 saturated heterocycles. The molecule has 0 fully saturated rings. The second-order valence-electron chi connectivity index (χ2n) is 5.78. The van der Waals surface area contributed by atoms with Gasteiger partial charge >= 0.3 is 0 Å². The molecule has 6 heteroatoms. The Balaban J connectivity index is 1.88. The van der Waals surface area contributed by atoms with Gasteiger partial charge in [-0.15, -0.1) is 10.2 Å². The zero-order valence-electron chi connectivity index (χ0n) is 14.2. The maximum Gasteiger partial charge on any atom is 0.196 e. The third-order valence-corrected chi connectivity index (χ3v) is 5.50. The lowest BCUT2D eigenvalue weighted by Crippen LogP contribution is -2.14. The number of carbonyl (C=O) groups is 1. The molecule has 0 N–H and O–H groups in total. The number of nitrogens with zero attached hydrogens (tertiary/aromatic N) is 3. The average molecular weight is 416 g/mol. The van der Waals surface area contributed by atoms with Crippen molar-refractivity contribution < 1.29 is 4.79 Å². The van der Waals surface area contributed by atoms with Gasteiger partial charge in [-0.1, -0.05) is 58.0 Å². The summed E-state index contributed by atoms with van der Waals surface area (Å²) >= 11 is 4.82. The molecule has 2 aromatic carbocycles. The molecule has 128 valence electrons. The number of para-hydroxylation sites is 1. The second kappa shape index (κ2) is 7.54. The number of benzene rings is 2. The fraction of sp³-hybridized carbons (Fsp3) is 0.211. The number of carbonyl (C=O) groups excluding carboxylic acids is 1. The van der Waals surface area contributed by atoms with Crippen molar-refractivity contribution in [1.29, 1.82) is 0 Å². The fourth-order valence-corrected chi connectivity index (χ4v) is 3.82. The van der Waals surface area contributed by atoms with Gasteiger partial charge in [0.25, 0.3) is 0 Å². The molecule has 0 saturated carbocycles. The van der Waals surface area contributed by atoms with E-state index in [4.69, 9.17) is 0 Å². The zero-order valence-corrected chi connectivity index (χ0v) is 16.6. The topological polar surface area (TPSA) is 47.8 Å². The van der Waals surface area contributed by atoms with Gasteiger partial charge in [0.15, 0.2) is 10.9 Å². The number of halogens is 1. The molecule has 0 radical (unpaired) electrons. The first-order valence-electron chi connectivity index (χ1n) is 7.92. The van der Waals surface area contributed by atoms with Crippen molar-refractivity contribution in [3.05, 3.63) is 70.0 Å². The first kappa shape index (κ1) is 17.9. The summed E-state index contributed by atoms with van der Waals surface area (Å²) in [6, 6.07) is 15.5. The third kappa shape index (κ3) is 3.85. The Morgan fingerprint density at radius 3 is 2.44 bits per heavy atom. The van der Waals surface area contributed by atoms with Crippen LogP contribution in [-0.4, -0.2) is 25.8 Å². The monoisotopic (exact) mass is 415 g/mol. The van der Waals surface area contributed by atoms with Gasteiger partial charge in [-0.2, -0.15) is 0 Å². The molecule has 4 nitrogen and oxygen atoms in total. The standard InChI is InChI=1S/C19H18BrN3OS/c1-12-6-4-5-7-17(12)23-14(3)21-22-19(23)25-13(2)18(24)15-8-10-16(20)11-9-15/h4-11,13H,1-3H3/t13-/m0/s1. The molecule has 1 atom stereocenters. The number of hydrogen-bond acceptors (Lipinski definition) is 4. The van der Waals surface area contributed by atoms with Crippen LogP contribution in [-0.2, 0) is 0 Å². The quantitative estimate of drug-likeness (QED) is 0.433. The molecule has 3 aromatic rings. The highest BCUT2D eigenvalue weighted by Gasteiger charge is 2.21. The summed E-state index contributed by atoms with van der Waals surface area (Å²) < 4.78 is 2.96. The van der Waals surface area contributed by atoms with Gasteiger partial charge in [-0.3, -0.25) is 9.36 Å². The summed E-state index contributed by atoms with van der Waals surface area (Å²) in [4.78, 5) is 12.7. The lowest BCUT2D eigenvalue weighted by atomic mass is 10.1. The molecular formula is C19H18BrN3OS. The van der Waals surface area contributed by atoms with Crippen LogP contribution in [0.15, 0.2) is 58.2 Å². The van der Waals surface area contributed by atoms with E-state index in [1.54, 1.807) is 0 Å². The summed E-state index contributed by atoms with van der Waals surface area (Å²) in [5, 5.41) is 8.95. The summed E-state index contributed by atoms with van der Waals surface area (Å²) in [6.07, 6.45) is 0. The predicted molar refractivity (Wildman–Crippen MR) is 105 cm³/mol. The van der Waals surface area contributed by atoms with E-state index >= 15 is 0 Å². The van der Waals surface area contributed by atoms with Crippen LogP contribution in [0.3, 0.4) is 0 Å².